The number of amides is 2. The number of rotatable bonds is 3. The van der Waals surface area contributed by atoms with Crippen LogP contribution in [0.4, 0.5) is 5.69 Å². The molecule has 1 aliphatic rings. The summed E-state index contributed by atoms with van der Waals surface area (Å²) in [5, 5.41) is 2.90. The molecule has 1 fully saturated rings. The first kappa shape index (κ1) is 16.5. The SMILES string of the molecule is CC(C)(C)c1ccccc1NC(=O)CC(=O)N1CCCCC1. The number of para-hydroxylation sites is 1. The Morgan fingerprint density at radius 3 is 2.36 bits per heavy atom. The van der Waals surface area contributed by atoms with Crippen LogP contribution in [0.3, 0.4) is 0 Å². The van der Waals surface area contributed by atoms with Gasteiger partial charge in [0.1, 0.15) is 6.42 Å². The number of anilines is 1. The first-order valence-electron chi connectivity index (χ1n) is 8.05. The van der Waals surface area contributed by atoms with Crippen molar-refractivity contribution in [3.63, 3.8) is 0 Å². The predicted molar refractivity (Wildman–Crippen MR) is 88.8 cm³/mol. The molecule has 120 valence electrons. The van der Waals surface area contributed by atoms with Crippen LogP contribution in [0.5, 0.6) is 0 Å². The first-order chi connectivity index (χ1) is 10.4. The number of piperidine rings is 1. The molecule has 0 atom stereocenters. The van der Waals surface area contributed by atoms with Crippen molar-refractivity contribution in [2.45, 2.75) is 51.9 Å². The first-order valence-corrected chi connectivity index (χ1v) is 8.05. The van der Waals surface area contributed by atoms with Crippen LogP contribution in [0.25, 0.3) is 0 Å². The van der Waals surface area contributed by atoms with Gasteiger partial charge in [-0.15, -0.1) is 0 Å². The van der Waals surface area contributed by atoms with Crippen molar-refractivity contribution >= 4 is 17.5 Å². The lowest BCUT2D eigenvalue weighted by Gasteiger charge is -2.27. The maximum Gasteiger partial charge on any atom is 0.233 e. The van der Waals surface area contributed by atoms with Crippen LogP contribution >= 0.6 is 0 Å². The summed E-state index contributed by atoms with van der Waals surface area (Å²) in [5.74, 6) is -0.294. The molecule has 0 aliphatic carbocycles. The van der Waals surface area contributed by atoms with Crippen molar-refractivity contribution < 1.29 is 9.59 Å². The Balaban J connectivity index is 1.99. The average Bonchev–Trinajstić information content (AvgIpc) is 2.47. The van der Waals surface area contributed by atoms with E-state index in [2.05, 4.69) is 26.1 Å². The Hall–Kier alpha value is -1.84. The van der Waals surface area contributed by atoms with Gasteiger partial charge in [-0.2, -0.15) is 0 Å². The van der Waals surface area contributed by atoms with Crippen molar-refractivity contribution in [2.75, 3.05) is 18.4 Å². The summed E-state index contributed by atoms with van der Waals surface area (Å²) in [6.07, 6.45) is 3.19. The standard InChI is InChI=1S/C18H26N2O2/c1-18(2,3)14-9-5-6-10-15(14)19-16(21)13-17(22)20-11-7-4-8-12-20/h5-6,9-10H,4,7-8,11-13H2,1-3H3,(H,19,21). The van der Waals surface area contributed by atoms with E-state index in [1.165, 1.54) is 6.42 Å². The van der Waals surface area contributed by atoms with E-state index >= 15 is 0 Å². The minimum atomic E-state index is -0.229. The minimum Gasteiger partial charge on any atom is -0.342 e. The third-order valence-electron chi connectivity index (χ3n) is 4.03. The van der Waals surface area contributed by atoms with Gasteiger partial charge in [-0.3, -0.25) is 9.59 Å². The molecule has 2 rings (SSSR count). The second-order valence-electron chi connectivity index (χ2n) is 6.96. The van der Waals surface area contributed by atoms with Crippen LogP contribution in [-0.4, -0.2) is 29.8 Å². The molecule has 4 nitrogen and oxygen atoms in total. The predicted octanol–water partition coefficient (Wildman–Crippen LogP) is 3.33. The van der Waals surface area contributed by atoms with E-state index in [9.17, 15) is 9.59 Å². The van der Waals surface area contributed by atoms with Gasteiger partial charge in [0.2, 0.25) is 11.8 Å². The molecule has 0 unspecified atom stereocenters. The number of carbonyl (C=O) groups is 2. The van der Waals surface area contributed by atoms with Gasteiger partial charge >= 0.3 is 0 Å². The maximum atomic E-state index is 12.2. The highest BCUT2D eigenvalue weighted by molar-refractivity contribution is 6.04. The van der Waals surface area contributed by atoms with Gasteiger partial charge < -0.3 is 10.2 Å². The van der Waals surface area contributed by atoms with Crippen molar-refractivity contribution in [2.24, 2.45) is 0 Å². The lowest BCUT2D eigenvalue weighted by Crippen LogP contribution is -2.37. The number of carbonyl (C=O) groups excluding carboxylic acids is 2. The number of hydrogen-bond acceptors (Lipinski definition) is 2. The van der Waals surface area contributed by atoms with Gasteiger partial charge in [-0.25, -0.2) is 0 Å². The van der Waals surface area contributed by atoms with E-state index in [0.29, 0.717) is 0 Å². The smallest absolute Gasteiger partial charge is 0.233 e. The molecule has 1 aromatic rings. The van der Waals surface area contributed by atoms with E-state index in [1.807, 2.05) is 24.3 Å². The van der Waals surface area contributed by atoms with E-state index in [-0.39, 0.29) is 23.7 Å². The fourth-order valence-corrected chi connectivity index (χ4v) is 2.83. The highest BCUT2D eigenvalue weighted by Crippen LogP contribution is 2.29. The molecule has 1 heterocycles. The van der Waals surface area contributed by atoms with Crippen molar-refractivity contribution in [1.29, 1.82) is 0 Å². The highest BCUT2D eigenvalue weighted by atomic mass is 16.2. The van der Waals surface area contributed by atoms with E-state index in [4.69, 9.17) is 0 Å². The summed E-state index contributed by atoms with van der Waals surface area (Å²) < 4.78 is 0. The van der Waals surface area contributed by atoms with Gasteiger partial charge in [-0.05, 0) is 36.3 Å². The van der Waals surface area contributed by atoms with Crippen molar-refractivity contribution in [3.05, 3.63) is 29.8 Å². The van der Waals surface area contributed by atoms with Gasteiger partial charge in [0.25, 0.3) is 0 Å². The number of nitrogens with one attached hydrogen (secondary N) is 1. The normalized spacial score (nSPS) is 15.5. The molecule has 1 N–H and O–H groups in total. The zero-order valence-corrected chi connectivity index (χ0v) is 13.8. The maximum absolute atomic E-state index is 12.2. The topological polar surface area (TPSA) is 49.4 Å². The Kier molecular flexibility index (Phi) is 5.22. The van der Waals surface area contributed by atoms with Crippen LogP contribution in [0.15, 0.2) is 24.3 Å². The summed E-state index contributed by atoms with van der Waals surface area (Å²) in [6.45, 7) is 7.89. The van der Waals surface area contributed by atoms with Gasteiger partial charge in [0, 0.05) is 18.8 Å². The van der Waals surface area contributed by atoms with Crippen molar-refractivity contribution in [1.82, 2.24) is 4.90 Å². The summed E-state index contributed by atoms with van der Waals surface area (Å²) in [6, 6.07) is 7.78. The molecule has 1 aliphatic heterocycles. The Bertz CT molecular complexity index is 540. The molecule has 0 radical (unpaired) electrons. The number of hydrogen-bond donors (Lipinski definition) is 1. The molecular weight excluding hydrogens is 276 g/mol. The summed E-state index contributed by atoms with van der Waals surface area (Å²) in [7, 11) is 0. The van der Waals surface area contributed by atoms with Crippen LogP contribution in [0.1, 0.15) is 52.0 Å². The van der Waals surface area contributed by atoms with Crippen molar-refractivity contribution in [3.8, 4) is 0 Å². The fourth-order valence-electron chi connectivity index (χ4n) is 2.83. The number of benzene rings is 1. The fraction of sp³-hybridized carbons (Fsp3) is 0.556. The summed E-state index contributed by atoms with van der Waals surface area (Å²) in [4.78, 5) is 26.1. The molecule has 0 bridgehead atoms. The lowest BCUT2D eigenvalue weighted by atomic mass is 9.86. The third kappa shape index (κ3) is 4.33. The zero-order chi connectivity index (χ0) is 16.2. The van der Waals surface area contributed by atoms with Crippen LogP contribution < -0.4 is 5.32 Å². The van der Waals surface area contributed by atoms with Gasteiger partial charge in [0.05, 0.1) is 0 Å². The van der Waals surface area contributed by atoms with E-state index in [1.54, 1.807) is 4.90 Å². The Morgan fingerprint density at radius 1 is 1.09 bits per heavy atom. The van der Waals surface area contributed by atoms with Crippen LogP contribution in [0.2, 0.25) is 0 Å². The molecule has 2 amide bonds. The molecule has 0 saturated carbocycles. The second-order valence-corrected chi connectivity index (χ2v) is 6.96. The summed E-state index contributed by atoms with van der Waals surface area (Å²) in [5.41, 5.74) is 1.82. The van der Waals surface area contributed by atoms with Gasteiger partial charge in [-0.1, -0.05) is 39.0 Å². The van der Waals surface area contributed by atoms with E-state index < -0.39 is 0 Å². The molecule has 1 aromatic carbocycles. The quantitative estimate of drug-likeness (QED) is 0.871. The second kappa shape index (κ2) is 6.95. The molecule has 22 heavy (non-hydrogen) atoms. The minimum absolute atomic E-state index is 0.0548. The third-order valence-corrected chi connectivity index (χ3v) is 4.03. The Morgan fingerprint density at radius 2 is 1.73 bits per heavy atom. The number of likely N-dealkylation sites (tertiary alicyclic amines) is 1. The van der Waals surface area contributed by atoms with Gasteiger partial charge in [0.15, 0.2) is 0 Å². The largest absolute Gasteiger partial charge is 0.342 e. The highest BCUT2D eigenvalue weighted by Gasteiger charge is 2.22. The zero-order valence-electron chi connectivity index (χ0n) is 13.8. The Labute approximate surface area is 132 Å². The molecule has 1 saturated heterocycles. The summed E-state index contributed by atoms with van der Waals surface area (Å²) >= 11 is 0. The number of nitrogens with zero attached hydrogens (tertiary/aromatic N) is 1. The molecule has 0 spiro atoms. The lowest BCUT2D eigenvalue weighted by molar-refractivity contribution is -0.135. The molecular formula is C18H26N2O2. The van der Waals surface area contributed by atoms with Crippen LogP contribution in [-0.2, 0) is 15.0 Å². The monoisotopic (exact) mass is 302 g/mol. The van der Waals surface area contributed by atoms with E-state index in [0.717, 1.165) is 37.2 Å². The molecule has 4 heteroatoms. The van der Waals surface area contributed by atoms with Crippen LogP contribution in [0, 0.1) is 0 Å². The average molecular weight is 302 g/mol. The molecule has 0 aromatic heterocycles.